The summed E-state index contributed by atoms with van der Waals surface area (Å²) >= 11 is 0. The monoisotopic (exact) mass is 206 g/mol. The number of fused-ring (bicyclic) bond motifs is 1. The summed E-state index contributed by atoms with van der Waals surface area (Å²) in [6, 6.07) is -5.02. The molecular formula is C11H15NO2. The van der Waals surface area contributed by atoms with E-state index in [1.807, 2.05) is 0 Å². The van der Waals surface area contributed by atoms with Crippen LogP contribution >= 0.6 is 0 Å². The lowest BCUT2D eigenvalue weighted by Crippen LogP contribution is -2.23. The quantitative estimate of drug-likeness (QED) is 0.814. The highest BCUT2D eigenvalue weighted by molar-refractivity contribution is 5.44. The van der Waals surface area contributed by atoms with Gasteiger partial charge < -0.3 is 14.8 Å². The molecule has 1 heterocycles. The van der Waals surface area contributed by atoms with E-state index in [1.54, 1.807) is 5.32 Å². The van der Waals surface area contributed by atoms with Gasteiger partial charge >= 0.3 is 0 Å². The second-order valence-corrected chi connectivity index (χ2v) is 2.42. The minimum absolute atomic E-state index is 0.594. The van der Waals surface area contributed by atoms with Crippen LogP contribution in [0.1, 0.15) is 30.2 Å². The number of benzene rings is 1. The second kappa shape index (κ2) is 3.88. The lowest BCUT2D eigenvalue weighted by molar-refractivity contribution is 0.174. The van der Waals surface area contributed by atoms with Crippen LogP contribution < -0.4 is 14.8 Å². The molecule has 0 fully saturated rings. The van der Waals surface area contributed by atoms with Crippen LogP contribution in [0.3, 0.4) is 0 Å². The Hall–Kier alpha value is -1.22. The zero-order valence-corrected chi connectivity index (χ0v) is 6.89. The van der Waals surface area contributed by atoms with Crippen molar-refractivity contribution in [3.05, 3.63) is 23.7 Å². The number of nitrogens with one attached hydrogen (secondary N) is 1. The van der Waals surface area contributed by atoms with Gasteiger partial charge in [0.25, 0.3) is 0 Å². The van der Waals surface area contributed by atoms with E-state index in [1.165, 1.54) is 0 Å². The summed E-state index contributed by atoms with van der Waals surface area (Å²) in [5.41, 5.74) is -0.926. The Balaban J connectivity index is 2.70. The Morgan fingerprint density at radius 3 is 3.50 bits per heavy atom. The molecule has 14 heavy (non-hydrogen) atoms. The molecule has 1 aromatic rings. The van der Waals surface area contributed by atoms with Crippen molar-refractivity contribution < 1.29 is 27.3 Å². The number of ether oxygens (including phenoxy) is 2. The Labute approximate surface area is 102 Å². The zero-order chi connectivity index (χ0) is 21.2. The Morgan fingerprint density at radius 1 is 1.71 bits per heavy atom. The van der Waals surface area contributed by atoms with Crippen LogP contribution in [-0.4, -0.2) is 19.8 Å². The summed E-state index contributed by atoms with van der Waals surface area (Å²) in [4.78, 5) is 0. The van der Waals surface area contributed by atoms with Gasteiger partial charge in [0, 0.05) is 17.0 Å². The van der Waals surface area contributed by atoms with Gasteiger partial charge in [0.05, 0.1) is 4.11 Å². The SMILES string of the molecule is [2H]c1c([2H])c(C([2H])([2H])C(NC([2H])([2H])[2H])C([2H])([2H])[2H])c([2H])c2c1OC([2H])([2H])O2. The predicted molar refractivity (Wildman–Crippen MR) is 54.8 cm³/mol. The summed E-state index contributed by atoms with van der Waals surface area (Å²) in [6.07, 6.45) is -3.13. The van der Waals surface area contributed by atoms with E-state index in [4.69, 9.17) is 27.3 Å². The summed E-state index contributed by atoms with van der Waals surface area (Å²) < 4.78 is 108. The fourth-order valence-corrected chi connectivity index (χ4v) is 0.878. The van der Waals surface area contributed by atoms with Crippen LogP contribution in [0, 0.1) is 0 Å². The highest BCUT2D eigenvalue weighted by atomic mass is 16.7. The van der Waals surface area contributed by atoms with Crippen molar-refractivity contribution >= 4 is 0 Å². The molecule has 76 valence electrons. The van der Waals surface area contributed by atoms with Crippen LogP contribution in [0.15, 0.2) is 18.1 Å². The van der Waals surface area contributed by atoms with Crippen molar-refractivity contribution in [2.24, 2.45) is 0 Å². The fourth-order valence-electron chi connectivity index (χ4n) is 0.878. The van der Waals surface area contributed by atoms with E-state index in [2.05, 4.69) is 0 Å². The van der Waals surface area contributed by atoms with Crippen LogP contribution in [0.5, 0.6) is 11.5 Å². The van der Waals surface area contributed by atoms with E-state index >= 15 is 0 Å². The number of hydrogen-bond acceptors (Lipinski definition) is 3. The lowest BCUT2D eigenvalue weighted by Gasteiger charge is -2.09. The molecule has 1 aliphatic rings. The molecular weight excluding hydrogens is 178 g/mol. The van der Waals surface area contributed by atoms with E-state index in [0.717, 1.165) is 0 Å². The van der Waals surface area contributed by atoms with Gasteiger partial charge in [-0.25, -0.2) is 0 Å². The van der Waals surface area contributed by atoms with Gasteiger partial charge in [-0.05, 0) is 37.8 Å². The summed E-state index contributed by atoms with van der Waals surface area (Å²) in [7, 11) is 0. The van der Waals surface area contributed by atoms with Gasteiger partial charge in [-0.15, -0.1) is 0 Å². The summed E-state index contributed by atoms with van der Waals surface area (Å²) in [5.74, 6) is -1.26. The van der Waals surface area contributed by atoms with Crippen molar-refractivity contribution in [2.75, 3.05) is 13.7 Å². The first-order valence-corrected chi connectivity index (χ1v) is 3.68. The Morgan fingerprint density at radius 2 is 2.64 bits per heavy atom. The molecule has 3 heteroatoms. The van der Waals surface area contributed by atoms with Gasteiger partial charge in [0.15, 0.2) is 11.5 Å². The molecule has 0 radical (unpaired) electrons. The minimum atomic E-state index is -3.19. The van der Waals surface area contributed by atoms with Gasteiger partial charge in [0.2, 0.25) is 6.75 Å². The smallest absolute Gasteiger partial charge is 0.231 e. The van der Waals surface area contributed by atoms with Crippen molar-refractivity contribution in [1.29, 1.82) is 0 Å². The largest absolute Gasteiger partial charge is 0.454 e. The predicted octanol–water partition coefficient (Wildman–Crippen LogP) is 1.57. The number of rotatable bonds is 3. The number of hydrogen-bond donors (Lipinski definition) is 1. The topological polar surface area (TPSA) is 30.5 Å². The van der Waals surface area contributed by atoms with E-state index < -0.39 is 68.2 Å². The molecule has 2 rings (SSSR count). The molecule has 0 amide bonds. The molecule has 1 aromatic carbocycles. The summed E-state index contributed by atoms with van der Waals surface area (Å²) in [5, 5.41) is 1.68. The first kappa shape index (κ1) is 2.47. The third-order valence-electron chi connectivity index (χ3n) is 1.47. The average molecular weight is 206 g/mol. The molecule has 0 spiro atoms. The molecule has 1 atom stereocenters. The van der Waals surface area contributed by atoms with Crippen LogP contribution in [0.25, 0.3) is 0 Å². The van der Waals surface area contributed by atoms with Gasteiger partial charge in [-0.3, -0.25) is 0 Å². The van der Waals surface area contributed by atoms with Crippen LogP contribution in [0.2, 0.25) is 0 Å². The average Bonchev–Trinajstić information content (AvgIpc) is 2.76. The van der Waals surface area contributed by atoms with Crippen molar-refractivity contribution in [3.8, 4) is 11.5 Å². The van der Waals surface area contributed by atoms with Crippen molar-refractivity contribution in [3.63, 3.8) is 0 Å². The van der Waals surface area contributed by atoms with Crippen LogP contribution in [0.4, 0.5) is 0 Å². The second-order valence-electron chi connectivity index (χ2n) is 2.42. The van der Waals surface area contributed by atoms with Gasteiger partial charge in [-0.2, -0.15) is 0 Å². The maximum atomic E-state index is 8.18. The third kappa shape index (κ3) is 1.82. The maximum Gasteiger partial charge on any atom is 0.231 e. The van der Waals surface area contributed by atoms with E-state index in [0.29, 0.717) is 0 Å². The van der Waals surface area contributed by atoms with Crippen LogP contribution in [-0.2, 0) is 6.37 Å². The Bertz CT molecular complexity index is 754. The highest BCUT2D eigenvalue weighted by Crippen LogP contribution is 2.32. The molecule has 0 saturated carbocycles. The molecule has 1 aliphatic heterocycles. The third-order valence-corrected chi connectivity index (χ3v) is 1.47. The summed E-state index contributed by atoms with van der Waals surface area (Å²) in [6.45, 7) is -9.00. The number of likely N-dealkylation sites (N-methyl/N-ethyl adjacent to an activating group) is 1. The lowest BCUT2D eigenvalue weighted by atomic mass is 10.1. The van der Waals surface area contributed by atoms with Gasteiger partial charge in [-0.1, -0.05) is 6.04 Å². The van der Waals surface area contributed by atoms with Crippen molar-refractivity contribution in [2.45, 2.75) is 19.3 Å². The first-order valence-electron chi connectivity index (χ1n) is 10.2. The minimum Gasteiger partial charge on any atom is -0.454 e. The molecule has 1 N–H and O–H groups in total. The molecule has 0 aromatic heterocycles. The van der Waals surface area contributed by atoms with Gasteiger partial charge in [0.1, 0.15) is 2.74 Å². The molecule has 3 nitrogen and oxygen atoms in total. The van der Waals surface area contributed by atoms with E-state index in [-0.39, 0.29) is 0 Å². The molecule has 0 bridgehead atoms. The molecule has 0 saturated heterocycles. The molecule has 1 unspecified atom stereocenters. The first-order chi connectivity index (χ1) is 11.9. The Kier molecular flexibility index (Phi) is 0.686. The van der Waals surface area contributed by atoms with E-state index in [9.17, 15) is 0 Å². The maximum absolute atomic E-state index is 8.18. The fraction of sp³-hybridized carbons (Fsp3) is 0.455. The van der Waals surface area contributed by atoms with Crippen molar-refractivity contribution in [1.82, 2.24) is 5.32 Å². The standard InChI is InChI=1S/C11H15NO2/c1-8(12-2)5-9-3-4-10-11(6-9)14-7-13-10/h3-4,6,8,12H,5,7H2,1-2H3/i1D3,2D3,3D,4D,5D2,6D,7D2. The highest BCUT2D eigenvalue weighted by Gasteiger charge is 2.13. The zero-order valence-electron chi connectivity index (χ0n) is 19.9. The molecule has 0 aliphatic carbocycles. The normalized spacial score (nSPS) is 35.6.